The first-order valence-electron chi connectivity index (χ1n) is 5.77. The van der Waals surface area contributed by atoms with Gasteiger partial charge in [0.25, 0.3) is 0 Å². The Morgan fingerprint density at radius 3 is 2.57 bits per heavy atom. The molecule has 0 aliphatic heterocycles. The molecule has 0 radical (unpaired) electrons. The van der Waals surface area contributed by atoms with Gasteiger partial charge >= 0.3 is 6.36 Å². The van der Waals surface area contributed by atoms with Crippen molar-refractivity contribution in [1.29, 1.82) is 5.26 Å². The number of halogens is 4. The Labute approximate surface area is 117 Å². The van der Waals surface area contributed by atoms with Gasteiger partial charge in [-0.25, -0.2) is 4.98 Å². The van der Waals surface area contributed by atoms with E-state index in [2.05, 4.69) is 9.72 Å². The molecular formula is C14H8F4N2O. The highest BCUT2D eigenvalue weighted by molar-refractivity contribution is 5.67. The van der Waals surface area contributed by atoms with Gasteiger partial charge in [-0.3, -0.25) is 0 Å². The maximum absolute atomic E-state index is 13.4. The Kier molecular flexibility index (Phi) is 4.08. The topological polar surface area (TPSA) is 45.9 Å². The van der Waals surface area contributed by atoms with Crippen LogP contribution in [0.15, 0.2) is 36.4 Å². The zero-order chi connectivity index (χ0) is 15.5. The standard InChI is InChI=1S/C14H8F4N2O/c15-13-8-9(5-6-19)7-11(20-13)10-3-1-2-4-12(10)21-14(16,17)18/h1-4,7-8H,5H2. The molecule has 2 aromatic rings. The number of nitrogens with zero attached hydrogens (tertiary/aromatic N) is 2. The van der Waals surface area contributed by atoms with Crippen molar-refractivity contribution in [2.75, 3.05) is 0 Å². The molecule has 7 heteroatoms. The molecule has 0 saturated carbocycles. The number of nitriles is 1. The number of ether oxygens (including phenoxy) is 1. The van der Waals surface area contributed by atoms with Crippen LogP contribution in [0.1, 0.15) is 5.56 Å². The van der Waals surface area contributed by atoms with Gasteiger partial charge in [-0.05, 0) is 29.8 Å². The molecule has 2 rings (SSSR count). The predicted octanol–water partition coefficient (Wildman–Crippen LogP) is 3.85. The van der Waals surface area contributed by atoms with Crippen LogP contribution in [-0.2, 0) is 6.42 Å². The van der Waals surface area contributed by atoms with Gasteiger partial charge in [-0.15, -0.1) is 13.2 Å². The van der Waals surface area contributed by atoms with E-state index in [0.29, 0.717) is 5.56 Å². The maximum atomic E-state index is 13.4. The van der Waals surface area contributed by atoms with Crippen molar-refractivity contribution in [2.24, 2.45) is 0 Å². The number of hydrogen-bond donors (Lipinski definition) is 0. The molecule has 0 atom stereocenters. The third-order valence-corrected chi connectivity index (χ3v) is 2.53. The lowest BCUT2D eigenvalue weighted by Crippen LogP contribution is -2.17. The summed E-state index contributed by atoms with van der Waals surface area (Å²) in [5.74, 6) is -1.36. The van der Waals surface area contributed by atoms with Gasteiger partial charge in [0, 0.05) is 5.56 Å². The Bertz CT molecular complexity index is 692. The van der Waals surface area contributed by atoms with Crippen molar-refractivity contribution < 1.29 is 22.3 Å². The molecule has 1 aromatic heterocycles. The van der Waals surface area contributed by atoms with Crippen LogP contribution in [0.4, 0.5) is 17.6 Å². The van der Waals surface area contributed by atoms with Crippen molar-refractivity contribution in [3.8, 4) is 23.1 Å². The zero-order valence-electron chi connectivity index (χ0n) is 10.5. The van der Waals surface area contributed by atoms with E-state index >= 15 is 0 Å². The monoisotopic (exact) mass is 296 g/mol. The van der Waals surface area contributed by atoms with E-state index in [0.717, 1.165) is 12.1 Å². The molecule has 1 aromatic carbocycles. The fourth-order valence-electron chi connectivity index (χ4n) is 1.77. The van der Waals surface area contributed by atoms with Gasteiger partial charge in [-0.1, -0.05) is 12.1 Å². The highest BCUT2D eigenvalue weighted by Gasteiger charge is 2.32. The molecule has 21 heavy (non-hydrogen) atoms. The molecule has 1 heterocycles. The smallest absolute Gasteiger partial charge is 0.405 e. The molecule has 0 amide bonds. The third-order valence-electron chi connectivity index (χ3n) is 2.53. The lowest BCUT2D eigenvalue weighted by molar-refractivity contribution is -0.274. The predicted molar refractivity (Wildman–Crippen MR) is 65.6 cm³/mol. The first-order chi connectivity index (χ1) is 9.89. The number of benzene rings is 1. The van der Waals surface area contributed by atoms with Crippen molar-refractivity contribution in [2.45, 2.75) is 12.8 Å². The van der Waals surface area contributed by atoms with E-state index in [-0.39, 0.29) is 17.7 Å². The molecule has 0 aliphatic rings. The number of para-hydroxylation sites is 1. The second kappa shape index (κ2) is 5.79. The van der Waals surface area contributed by atoms with Gasteiger partial charge in [0.05, 0.1) is 18.2 Å². The van der Waals surface area contributed by atoms with Crippen LogP contribution in [0, 0.1) is 17.3 Å². The summed E-state index contributed by atoms with van der Waals surface area (Å²) < 4.78 is 54.4. The van der Waals surface area contributed by atoms with Crippen LogP contribution in [0.25, 0.3) is 11.3 Å². The lowest BCUT2D eigenvalue weighted by atomic mass is 10.1. The van der Waals surface area contributed by atoms with Gasteiger partial charge in [0.1, 0.15) is 5.75 Å². The van der Waals surface area contributed by atoms with Crippen LogP contribution < -0.4 is 4.74 Å². The number of alkyl halides is 3. The fraction of sp³-hybridized carbons (Fsp3) is 0.143. The van der Waals surface area contributed by atoms with Crippen LogP contribution in [0.2, 0.25) is 0 Å². The summed E-state index contributed by atoms with van der Waals surface area (Å²) in [5.41, 5.74) is 0.287. The van der Waals surface area contributed by atoms with Gasteiger partial charge in [0.15, 0.2) is 0 Å². The molecular weight excluding hydrogens is 288 g/mol. The average Bonchev–Trinajstić information content (AvgIpc) is 2.37. The zero-order valence-corrected chi connectivity index (χ0v) is 10.5. The molecule has 0 saturated heterocycles. The third kappa shape index (κ3) is 3.92. The highest BCUT2D eigenvalue weighted by Crippen LogP contribution is 2.33. The molecule has 0 bridgehead atoms. The summed E-state index contributed by atoms with van der Waals surface area (Å²) >= 11 is 0. The second-order valence-electron chi connectivity index (χ2n) is 4.06. The molecule has 3 nitrogen and oxygen atoms in total. The average molecular weight is 296 g/mol. The van der Waals surface area contributed by atoms with E-state index in [9.17, 15) is 17.6 Å². The van der Waals surface area contributed by atoms with Crippen molar-refractivity contribution in [3.63, 3.8) is 0 Å². The Morgan fingerprint density at radius 2 is 1.90 bits per heavy atom. The maximum Gasteiger partial charge on any atom is 0.573 e. The summed E-state index contributed by atoms with van der Waals surface area (Å²) in [6.45, 7) is 0. The van der Waals surface area contributed by atoms with E-state index in [1.807, 2.05) is 6.07 Å². The molecule has 0 aliphatic carbocycles. The second-order valence-corrected chi connectivity index (χ2v) is 4.06. The largest absolute Gasteiger partial charge is 0.573 e. The number of rotatable bonds is 3. The summed E-state index contributed by atoms with van der Waals surface area (Å²) in [6, 6.07) is 9.53. The normalized spacial score (nSPS) is 11.0. The first-order valence-corrected chi connectivity index (χ1v) is 5.77. The van der Waals surface area contributed by atoms with Gasteiger partial charge in [-0.2, -0.15) is 9.65 Å². The molecule has 0 unspecified atom stereocenters. The van der Waals surface area contributed by atoms with Crippen LogP contribution in [0.3, 0.4) is 0 Å². The minimum absolute atomic E-state index is 0.00600. The molecule has 0 spiro atoms. The van der Waals surface area contributed by atoms with Crippen molar-refractivity contribution >= 4 is 0 Å². The summed E-state index contributed by atoms with van der Waals surface area (Å²) in [7, 11) is 0. The van der Waals surface area contributed by atoms with E-state index in [1.54, 1.807) is 0 Å². The van der Waals surface area contributed by atoms with Gasteiger partial charge < -0.3 is 4.74 Å². The lowest BCUT2D eigenvalue weighted by Gasteiger charge is -2.13. The first kappa shape index (κ1) is 14.8. The highest BCUT2D eigenvalue weighted by atomic mass is 19.4. The fourth-order valence-corrected chi connectivity index (χ4v) is 1.77. The van der Waals surface area contributed by atoms with E-state index < -0.39 is 18.1 Å². The summed E-state index contributed by atoms with van der Waals surface area (Å²) in [5, 5.41) is 8.61. The van der Waals surface area contributed by atoms with Crippen LogP contribution in [-0.4, -0.2) is 11.3 Å². The number of hydrogen-bond acceptors (Lipinski definition) is 3. The minimum Gasteiger partial charge on any atom is -0.405 e. The molecule has 108 valence electrons. The Morgan fingerprint density at radius 1 is 1.19 bits per heavy atom. The SMILES string of the molecule is N#CCc1cc(F)nc(-c2ccccc2OC(F)(F)F)c1. The van der Waals surface area contributed by atoms with Crippen molar-refractivity contribution in [1.82, 2.24) is 4.98 Å². The summed E-state index contributed by atoms with van der Waals surface area (Å²) in [6.07, 6.45) is -4.94. The van der Waals surface area contributed by atoms with E-state index in [1.165, 1.54) is 24.3 Å². The van der Waals surface area contributed by atoms with E-state index in [4.69, 9.17) is 5.26 Å². The Hall–Kier alpha value is -2.62. The van der Waals surface area contributed by atoms with Gasteiger partial charge in [0.2, 0.25) is 5.95 Å². The molecule has 0 fully saturated rings. The quantitative estimate of drug-likeness (QED) is 0.638. The van der Waals surface area contributed by atoms with Crippen molar-refractivity contribution in [3.05, 3.63) is 47.9 Å². The summed E-state index contributed by atoms with van der Waals surface area (Å²) in [4.78, 5) is 3.55. The van der Waals surface area contributed by atoms with Crippen LogP contribution in [0.5, 0.6) is 5.75 Å². The number of aromatic nitrogens is 1. The Balaban J connectivity index is 2.49. The minimum atomic E-state index is -4.86. The molecule has 0 N–H and O–H groups in total. The van der Waals surface area contributed by atoms with Crippen LogP contribution >= 0.6 is 0 Å². The number of pyridine rings is 1.